The van der Waals surface area contributed by atoms with Crippen molar-refractivity contribution in [1.29, 1.82) is 0 Å². The number of hydrogen-bond acceptors (Lipinski definition) is 3. The Labute approximate surface area is 102 Å². The fraction of sp³-hybridized carbons (Fsp3) is 0.538. The molecular formula is C13H19N3O. The average molecular weight is 233 g/mol. The molecule has 0 bridgehead atoms. The molecule has 4 nitrogen and oxygen atoms in total. The standard InChI is InChI=1S/C13H19N3O/c1-10-7-12(4-6-15-10)16-13(17)8-11-3-2-5-14-9-11/h2-3,5,9-10,12,15H,4,6-8H2,1H3,(H,16,17). The molecule has 1 aromatic rings. The second-order valence-electron chi connectivity index (χ2n) is 4.68. The number of piperidine rings is 1. The van der Waals surface area contributed by atoms with Gasteiger partial charge in [-0.25, -0.2) is 0 Å². The zero-order valence-corrected chi connectivity index (χ0v) is 10.1. The van der Waals surface area contributed by atoms with E-state index < -0.39 is 0 Å². The molecule has 2 N–H and O–H groups in total. The van der Waals surface area contributed by atoms with Crippen LogP contribution < -0.4 is 10.6 Å². The first-order valence-electron chi connectivity index (χ1n) is 6.15. The van der Waals surface area contributed by atoms with Gasteiger partial charge in [-0.05, 0) is 37.9 Å². The quantitative estimate of drug-likeness (QED) is 0.815. The van der Waals surface area contributed by atoms with Crippen molar-refractivity contribution < 1.29 is 4.79 Å². The first kappa shape index (κ1) is 12.0. The van der Waals surface area contributed by atoms with Crippen molar-refractivity contribution in [2.24, 2.45) is 0 Å². The molecule has 0 aromatic carbocycles. The monoisotopic (exact) mass is 233 g/mol. The van der Waals surface area contributed by atoms with E-state index in [4.69, 9.17) is 0 Å². The number of hydrogen-bond donors (Lipinski definition) is 2. The van der Waals surface area contributed by atoms with Crippen LogP contribution in [0.2, 0.25) is 0 Å². The van der Waals surface area contributed by atoms with Crippen LogP contribution in [0.1, 0.15) is 25.3 Å². The fourth-order valence-corrected chi connectivity index (χ4v) is 2.23. The van der Waals surface area contributed by atoms with E-state index in [1.165, 1.54) is 0 Å². The topological polar surface area (TPSA) is 54.0 Å². The highest BCUT2D eigenvalue weighted by Gasteiger charge is 2.19. The van der Waals surface area contributed by atoms with E-state index in [9.17, 15) is 4.79 Å². The lowest BCUT2D eigenvalue weighted by Gasteiger charge is -2.28. The third-order valence-corrected chi connectivity index (χ3v) is 3.08. The van der Waals surface area contributed by atoms with Crippen molar-refractivity contribution in [1.82, 2.24) is 15.6 Å². The maximum atomic E-state index is 11.8. The summed E-state index contributed by atoms with van der Waals surface area (Å²) in [6, 6.07) is 4.59. The van der Waals surface area contributed by atoms with Gasteiger partial charge < -0.3 is 10.6 Å². The van der Waals surface area contributed by atoms with E-state index in [1.54, 1.807) is 12.4 Å². The van der Waals surface area contributed by atoms with Gasteiger partial charge in [-0.2, -0.15) is 0 Å². The second-order valence-corrected chi connectivity index (χ2v) is 4.68. The van der Waals surface area contributed by atoms with Crippen molar-refractivity contribution >= 4 is 5.91 Å². The molecule has 0 aliphatic carbocycles. The Balaban J connectivity index is 1.81. The van der Waals surface area contributed by atoms with Gasteiger partial charge in [0.2, 0.25) is 5.91 Å². The van der Waals surface area contributed by atoms with Crippen LogP contribution in [0, 0.1) is 0 Å². The van der Waals surface area contributed by atoms with Crippen LogP contribution in [0.15, 0.2) is 24.5 Å². The summed E-state index contributed by atoms with van der Waals surface area (Å²) >= 11 is 0. The molecule has 92 valence electrons. The van der Waals surface area contributed by atoms with E-state index in [0.717, 1.165) is 24.9 Å². The molecule has 1 amide bonds. The molecule has 1 aliphatic rings. The van der Waals surface area contributed by atoms with Crippen molar-refractivity contribution in [2.75, 3.05) is 6.54 Å². The summed E-state index contributed by atoms with van der Waals surface area (Å²) in [5, 5.41) is 6.46. The van der Waals surface area contributed by atoms with Gasteiger partial charge in [0.1, 0.15) is 0 Å². The minimum absolute atomic E-state index is 0.0945. The number of aromatic nitrogens is 1. The van der Waals surface area contributed by atoms with Gasteiger partial charge in [0.15, 0.2) is 0 Å². The lowest BCUT2D eigenvalue weighted by atomic mass is 10.0. The van der Waals surface area contributed by atoms with E-state index in [-0.39, 0.29) is 5.91 Å². The van der Waals surface area contributed by atoms with Crippen molar-refractivity contribution in [2.45, 2.75) is 38.3 Å². The number of rotatable bonds is 3. The molecule has 0 spiro atoms. The van der Waals surface area contributed by atoms with Crippen molar-refractivity contribution in [3.05, 3.63) is 30.1 Å². The summed E-state index contributed by atoms with van der Waals surface area (Å²) in [5.41, 5.74) is 0.965. The second kappa shape index (κ2) is 5.77. The smallest absolute Gasteiger partial charge is 0.224 e. The van der Waals surface area contributed by atoms with Crippen LogP contribution in [0.4, 0.5) is 0 Å². The molecule has 1 fully saturated rings. The molecule has 1 saturated heterocycles. The summed E-state index contributed by atoms with van der Waals surface area (Å²) in [4.78, 5) is 15.8. The van der Waals surface area contributed by atoms with Gasteiger partial charge >= 0.3 is 0 Å². The Kier molecular flexibility index (Phi) is 4.09. The zero-order chi connectivity index (χ0) is 12.1. The number of pyridine rings is 1. The molecule has 4 heteroatoms. The van der Waals surface area contributed by atoms with Gasteiger partial charge in [-0.15, -0.1) is 0 Å². The third-order valence-electron chi connectivity index (χ3n) is 3.08. The molecule has 0 saturated carbocycles. The highest BCUT2D eigenvalue weighted by molar-refractivity contribution is 5.78. The number of carbonyl (C=O) groups is 1. The maximum absolute atomic E-state index is 11.8. The molecule has 2 heterocycles. The van der Waals surface area contributed by atoms with Crippen LogP contribution in [0.25, 0.3) is 0 Å². The minimum atomic E-state index is 0.0945. The van der Waals surface area contributed by atoms with E-state index in [0.29, 0.717) is 18.5 Å². The average Bonchev–Trinajstić information content (AvgIpc) is 2.30. The van der Waals surface area contributed by atoms with Crippen LogP contribution >= 0.6 is 0 Å². The van der Waals surface area contributed by atoms with Crippen molar-refractivity contribution in [3.8, 4) is 0 Å². The highest BCUT2D eigenvalue weighted by Crippen LogP contribution is 2.08. The first-order chi connectivity index (χ1) is 8.24. The normalized spacial score (nSPS) is 24.3. The number of nitrogens with one attached hydrogen (secondary N) is 2. The largest absolute Gasteiger partial charge is 0.353 e. The summed E-state index contributed by atoms with van der Waals surface area (Å²) < 4.78 is 0. The lowest BCUT2D eigenvalue weighted by Crippen LogP contribution is -2.46. The predicted molar refractivity (Wildman–Crippen MR) is 66.6 cm³/mol. The summed E-state index contributed by atoms with van der Waals surface area (Å²) in [6.07, 6.45) is 5.91. The molecule has 0 radical (unpaired) electrons. The molecule has 2 rings (SSSR count). The number of carbonyl (C=O) groups excluding carboxylic acids is 1. The third kappa shape index (κ3) is 3.82. The van der Waals surface area contributed by atoms with Crippen LogP contribution in [0.5, 0.6) is 0 Å². The Hall–Kier alpha value is -1.42. The van der Waals surface area contributed by atoms with Crippen LogP contribution in [0.3, 0.4) is 0 Å². The molecule has 17 heavy (non-hydrogen) atoms. The Morgan fingerprint density at radius 2 is 2.53 bits per heavy atom. The van der Waals surface area contributed by atoms with Crippen LogP contribution in [-0.2, 0) is 11.2 Å². The highest BCUT2D eigenvalue weighted by atomic mass is 16.1. The maximum Gasteiger partial charge on any atom is 0.224 e. The van der Waals surface area contributed by atoms with Gasteiger partial charge in [0, 0.05) is 24.5 Å². The Bertz CT molecular complexity index is 366. The molecule has 1 aromatic heterocycles. The van der Waals surface area contributed by atoms with Gasteiger partial charge in [0.05, 0.1) is 6.42 Å². The van der Waals surface area contributed by atoms with E-state index in [1.807, 2.05) is 12.1 Å². The summed E-state index contributed by atoms with van der Waals surface area (Å²) in [7, 11) is 0. The fourth-order valence-electron chi connectivity index (χ4n) is 2.23. The lowest BCUT2D eigenvalue weighted by molar-refractivity contribution is -0.121. The minimum Gasteiger partial charge on any atom is -0.353 e. The Morgan fingerprint density at radius 3 is 3.24 bits per heavy atom. The zero-order valence-electron chi connectivity index (χ0n) is 10.1. The molecule has 1 aliphatic heterocycles. The summed E-state index contributed by atoms with van der Waals surface area (Å²) in [5.74, 6) is 0.0945. The predicted octanol–water partition coefficient (Wildman–Crippen LogP) is 0.881. The number of amides is 1. The molecule has 2 unspecified atom stereocenters. The summed E-state index contributed by atoms with van der Waals surface area (Å²) in [6.45, 7) is 3.14. The van der Waals surface area contributed by atoms with Crippen molar-refractivity contribution in [3.63, 3.8) is 0 Å². The van der Waals surface area contributed by atoms with Gasteiger partial charge in [-0.1, -0.05) is 6.07 Å². The number of nitrogens with zero attached hydrogens (tertiary/aromatic N) is 1. The molecular weight excluding hydrogens is 214 g/mol. The van der Waals surface area contributed by atoms with Gasteiger partial charge in [-0.3, -0.25) is 9.78 Å². The van der Waals surface area contributed by atoms with E-state index in [2.05, 4.69) is 22.5 Å². The van der Waals surface area contributed by atoms with E-state index >= 15 is 0 Å². The molecule has 2 atom stereocenters. The van der Waals surface area contributed by atoms with Crippen LogP contribution in [-0.4, -0.2) is 29.5 Å². The first-order valence-corrected chi connectivity index (χ1v) is 6.15. The Morgan fingerprint density at radius 1 is 1.65 bits per heavy atom. The SMILES string of the molecule is CC1CC(NC(=O)Cc2cccnc2)CCN1. The van der Waals surface area contributed by atoms with Gasteiger partial charge in [0.25, 0.3) is 0 Å².